The third-order valence-corrected chi connectivity index (χ3v) is 4.86. The van der Waals surface area contributed by atoms with Gasteiger partial charge in [0.15, 0.2) is 0 Å². The first-order valence-electron chi connectivity index (χ1n) is 8.97. The lowest BCUT2D eigenvalue weighted by Crippen LogP contribution is -2.35. The molecule has 0 aliphatic carbocycles. The summed E-state index contributed by atoms with van der Waals surface area (Å²) < 4.78 is 10.8. The summed E-state index contributed by atoms with van der Waals surface area (Å²) in [5.74, 6) is 1.39. The summed E-state index contributed by atoms with van der Waals surface area (Å²) in [6.07, 6.45) is 3.64. The van der Waals surface area contributed by atoms with Gasteiger partial charge < -0.3 is 19.3 Å². The van der Waals surface area contributed by atoms with Crippen molar-refractivity contribution in [3.8, 4) is 5.75 Å². The summed E-state index contributed by atoms with van der Waals surface area (Å²) in [7, 11) is 1.54. The van der Waals surface area contributed by atoms with E-state index in [9.17, 15) is 9.59 Å². The highest BCUT2D eigenvalue weighted by molar-refractivity contribution is 5.94. The zero-order valence-electron chi connectivity index (χ0n) is 14.8. The minimum Gasteiger partial charge on any atom is -0.493 e. The van der Waals surface area contributed by atoms with Gasteiger partial charge in [-0.1, -0.05) is 0 Å². The molecule has 1 aromatic rings. The van der Waals surface area contributed by atoms with Gasteiger partial charge in [0.25, 0.3) is 0 Å². The molecule has 1 aromatic carbocycles. The molecule has 2 aliphatic rings. The van der Waals surface area contributed by atoms with Gasteiger partial charge in [-0.2, -0.15) is 0 Å². The van der Waals surface area contributed by atoms with E-state index >= 15 is 0 Å². The van der Waals surface area contributed by atoms with Crippen molar-refractivity contribution >= 4 is 17.5 Å². The third-order valence-electron chi connectivity index (χ3n) is 4.86. The van der Waals surface area contributed by atoms with Crippen molar-refractivity contribution in [2.24, 2.45) is 5.92 Å². The smallest absolute Gasteiger partial charge is 0.248 e. The molecule has 2 amide bonds. The van der Waals surface area contributed by atoms with Gasteiger partial charge in [-0.25, -0.2) is 0 Å². The molecule has 6 nitrogen and oxygen atoms in total. The minimum absolute atomic E-state index is 0.0422. The number of carbonyl (C=O) groups excluding carboxylic acids is 2. The van der Waals surface area contributed by atoms with Gasteiger partial charge in [-0.3, -0.25) is 9.59 Å². The Morgan fingerprint density at radius 3 is 2.72 bits per heavy atom. The lowest BCUT2D eigenvalue weighted by Gasteiger charge is -2.26. The first kappa shape index (κ1) is 17.7. The van der Waals surface area contributed by atoms with E-state index < -0.39 is 0 Å². The Morgan fingerprint density at radius 1 is 1.20 bits per heavy atom. The Morgan fingerprint density at radius 2 is 2.00 bits per heavy atom. The number of piperidine rings is 1. The summed E-state index contributed by atoms with van der Waals surface area (Å²) in [6, 6.07) is 7.73. The average Bonchev–Trinajstić information content (AvgIpc) is 3.10. The van der Waals surface area contributed by atoms with Crippen molar-refractivity contribution < 1.29 is 19.1 Å². The molecule has 1 atom stereocenters. The van der Waals surface area contributed by atoms with Crippen molar-refractivity contribution in [1.29, 1.82) is 0 Å². The number of nitrogens with zero attached hydrogens (tertiary/aromatic N) is 2. The van der Waals surface area contributed by atoms with Crippen LogP contribution in [0.15, 0.2) is 24.3 Å². The van der Waals surface area contributed by atoms with Gasteiger partial charge in [-0.15, -0.1) is 0 Å². The minimum atomic E-state index is 0.0422. The van der Waals surface area contributed by atoms with Crippen molar-refractivity contribution in [2.75, 3.05) is 44.9 Å². The van der Waals surface area contributed by atoms with E-state index in [1.54, 1.807) is 0 Å². The van der Waals surface area contributed by atoms with Crippen molar-refractivity contribution in [1.82, 2.24) is 4.90 Å². The van der Waals surface area contributed by atoms with Crippen molar-refractivity contribution in [3.63, 3.8) is 0 Å². The molecule has 136 valence electrons. The fourth-order valence-electron chi connectivity index (χ4n) is 3.43. The van der Waals surface area contributed by atoms with Crippen LogP contribution in [0.3, 0.4) is 0 Å². The predicted octanol–water partition coefficient (Wildman–Crippen LogP) is 2.08. The SMILES string of the molecule is COCC(=O)N1CCC(COc2ccc(N3CCCCC3=O)cc2)C1. The number of hydrogen-bond donors (Lipinski definition) is 0. The van der Waals surface area contributed by atoms with Crippen LogP contribution in [0.25, 0.3) is 0 Å². The first-order valence-corrected chi connectivity index (χ1v) is 8.97. The maximum atomic E-state index is 12.0. The monoisotopic (exact) mass is 346 g/mol. The molecule has 2 heterocycles. The van der Waals surface area contributed by atoms with Gasteiger partial charge in [0.05, 0.1) is 6.61 Å². The lowest BCUT2D eigenvalue weighted by atomic mass is 10.1. The summed E-state index contributed by atoms with van der Waals surface area (Å²) in [4.78, 5) is 27.5. The molecule has 2 fully saturated rings. The summed E-state index contributed by atoms with van der Waals surface area (Å²) in [6.45, 7) is 3.03. The van der Waals surface area contributed by atoms with Crippen molar-refractivity contribution in [2.45, 2.75) is 25.7 Å². The lowest BCUT2D eigenvalue weighted by molar-refractivity contribution is -0.134. The fraction of sp³-hybridized carbons (Fsp3) is 0.579. The Hall–Kier alpha value is -2.08. The fourth-order valence-corrected chi connectivity index (χ4v) is 3.43. The van der Waals surface area contributed by atoms with Gasteiger partial charge in [0.1, 0.15) is 12.4 Å². The molecule has 0 spiro atoms. The number of anilines is 1. The van der Waals surface area contributed by atoms with E-state index in [-0.39, 0.29) is 18.4 Å². The average molecular weight is 346 g/mol. The van der Waals surface area contributed by atoms with E-state index in [1.807, 2.05) is 34.1 Å². The van der Waals surface area contributed by atoms with Crippen molar-refractivity contribution in [3.05, 3.63) is 24.3 Å². The van der Waals surface area contributed by atoms with E-state index in [0.29, 0.717) is 18.9 Å². The number of amides is 2. The molecule has 2 saturated heterocycles. The molecule has 0 radical (unpaired) electrons. The van der Waals surface area contributed by atoms with Crippen LogP contribution in [-0.2, 0) is 14.3 Å². The highest BCUT2D eigenvalue weighted by atomic mass is 16.5. The van der Waals surface area contributed by atoms with Crippen LogP contribution in [0.1, 0.15) is 25.7 Å². The second-order valence-corrected chi connectivity index (χ2v) is 6.73. The molecule has 25 heavy (non-hydrogen) atoms. The summed E-state index contributed by atoms with van der Waals surface area (Å²) in [5, 5.41) is 0. The number of carbonyl (C=O) groups is 2. The Balaban J connectivity index is 1.48. The number of benzene rings is 1. The predicted molar refractivity (Wildman–Crippen MR) is 94.7 cm³/mol. The van der Waals surface area contributed by atoms with Gasteiger partial charge in [0.2, 0.25) is 11.8 Å². The molecular weight excluding hydrogens is 320 g/mol. The maximum absolute atomic E-state index is 12.0. The standard InChI is InChI=1S/C19H26N2O4/c1-24-14-19(23)20-11-9-15(12-20)13-25-17-7-5-16(6-8-17)21-10-3-2-4-18(21)22/h5-8,15H,2-4,9-14H2,1H3. The van der Waals surface area contributed by atoms with E-state index in [0.717, 1.165) is 50.3 Å². The number of ether oxygens (including phenoxy) is 2. The second-order valence-electron chi connectivity index (χ2n) is 6.73. The number of likely N-dealkylation sites (tertiary alicyclic amines) is 1. The van der Waals surface area contributed by atoms with Crippen LogP contribution < -0.4 is 9.64 Å². The maximum Gasteiger partial charge on any atom is 0.248 e. The Labute approximate surface area is 148 Å². The summed E-state index contributed by atoms with van der Waals surface area (Å²) in [5.41, 5.74) is 0.939. The topological polar surface area (TPSA) is 59.1 Å². The molecule has 6 heteroatoms. The Bertz CT molecular complexity index is 602. The van der Waals surface area contributed by atoms with Crippen LogP contribution in [0.5, 0.6) is 5.75 Å². The quantitative estimate of drug-likeness (QED) is 0.791. The highest BCUT2D eigenvalue weighted by Crippen LogP contribution is 2.24. The third kappa shape index (κ3) is 4.51. The highest BCUT2D eigenvalue weighted by Gasteiger charge is 2.26. The molecule has 1 unspecified atom stereocenters. The molecule has 0 bridgehead atoms. The second kappa shape index (κ2) is 8.34. The van der Waals surface area contributed by atoms with Crippen LogP contribution in [-0.4, -0.2) is 56.7 Å². The van der Waals surface area contributed by atoms with Crippen LogP contribution >= 0.6 is 0 Å². The normalized spacial score (nSPS) is 20.8. The first-order chi connectivity index (χ1) is 12.2. The number of hydrogen-bond acceptors (Lipinski definition) is 4. The molecule has 0 aromatic heterocycles. The largest absolute Gasteiger partial charge is 0.493 e. The van der Waals surface area contributed by atoms with Gasteiger partial charge in [-0.05, 0) is 43.5 Å². The molecule has 3 rings (SSSR count). The zero-order valence-corrected chi connectivity index (χ0v) is 14.8. The molecule has 0 saturated carbocycles. The number of methoxy groups -OCH3 is 1. The van der Waals surface area contributed by atoms with Gasteiger partial charge in [0, 0.05) is 44.8 Å². The van der Waals surface area contributed by atoms with E-state index in [1.165, 1.54) is 7.11 Å². The van der Waals surface area contributed by atoms with Crippen LogP contribution in [0, 0.1) is 5.92 Å². The molecule has 0 N–H and O–H groups in total. The summed E-state index contributed by atoms with van der Waals surface area (Å²) >= 11 is 0. The van der Waals surface area contributed by atoms with Crippen LogP contribution in [0.4, 0.5) is 5.69 Å². The van der Waals surface area contributed by atoms with Gasteiger partial charge >= 0.3 is 0 Å². The Kier molecular flexibility index (Phi) is 5.91. The van der Waals surface area contributed by atoms with E-state index in [4.69, 9.17) is 9.47 Å². The molecular formula is C19H26N2O4. The zero-order chi connectivity index (χ0) is 17.6. The molecule has 2 aliphatic heterocycles. The van der Waals surface area contributed by atoms with Crippen LogP contribution in [0.2, 0.25) is 0 Å². The number of rotatable bonds is 6. The van der Waals surface area contributed by atoms with E-state index in [2.05, 4.69) is 0 Å².